The van der Waals surface area contributed by atoms with E-state index in [2.05, 4.69) is 78.6 Å². The molecule has 0 bridgehead atoms. The molecule has 352 valence electrons. The van der Waals surface area contributed by atoms with Gasteiger partial charge in [0.1, 0.15) is 11.9 Å². The van der Waals surface area contributed by atoms with E-state index in [4.69, 9.17) is 13.9 Å². The van der Waals surface area contributed by atoms with Gasteiger partial charge in [-0.25, -0.2) is 4.79 Å². The van der Waals surface area contributed by atoms with Crippen molar-refractivity contribution in [3.8, 4) is 16.9 Å². The molecule has 66 heavy (non-hydrogen) atoms. The second-order valence-corrected chi connectivity index (χ2v) is 24.4. The summed E-state index contributed by atoms with van der Waals surface area (Å²) in [6.45, 7) is 16.6. The molecule has 5 aromatic rings. The zero-order valence-corrected chi connectivity index (χ0v) is 40.6. The number of amides is 2. The first kappa shape index (κ1) is 48.6. The minimum atomic E-state index is -2.21. The van der Waals surface area contributed by atoms with Crippen molar-refractivity contribution in [3.63, 3.8) is 0 Å². The molecular weight excluding hydrogens is 847 g/mol. The first-order valence-corrected chi connectivity index (χ1v) is 26.5. The molecule has 4 atom stereocenters. The van der Waals surface area contributed by atoms with Crippen LogP contribution in [0.3, 0.4) is 0 Å². The van der Waals surface area contributed by atoms with Gasteiger partial charge in [-0.15, -0.1) is 0 Å². The van der Waals surface area contributed by atoms with Crippen LogP contribution in [0.2, 0.25) is 18.1 Å². The highest BCUT2D eigenvalue weighted by molar-refractivity contribution is 6.74. The molecule has 1 saturated heterocycles. The fourth-order valence-corrected chi connectivity index (χ4v) is 10.4. The van der Waals surface area contributed by atoms with E-state index in [0.29, 0.717) is 56.6 Å². The van der Waals surface area contributed by atoms with Crippen LogP contribution < -0.4 is 16.2 Å². The van der Waals surface area contributed by atoms with Gasteiger partial charge in [0.15, 0.2) is 8.32 Å². The Labute approximate surface area is 391 Å². The highest BCUT2D eigenvalue weighted by atomic mass is 28.4. The lowest BCUT2D eigenvalue weighted by atomic mass is 10.0. The summed E-state index contributed by atoms with van der Waals surface area (Å²) in [6, 6.07) is 33.3. The summed E-state index contributed by atoms with van der Waals surface area (Å²) in [4.78, 5) is 45.1. The first-order valence-electron chi connectivity index (χ1n) is 23.6. The van der Waals surface area contributed by atoms with Gasteiger partial charge in [0.2, 0.25) is 11.5 Å². The van der Waals surface area contributed by atoms with Crippen LogP contribution in [0.5, 0.6) is 5.75 Å². The van der Waals surface area contributed by atoms with E-state index in [1.54, 1.807) is 17.0 Å². The van der Waals surface area contributed by atoms with Crippen LogP contribution in [-0.4, -0.2) is 106 Å². The van der Waals surface area contributed by atoms with Crippen LogP contribution in [0, 0.1) is 11.8 Å². The van der Waals surface area contributed by atoms with E-state index in [1.165, 1.54) is 17.2 Å². The minimum absolute atomic E-state index is 0.0187. The zero-order chi connectivity index (χ0) is 46.8. The summed E-state index contributed by atoms with van der Waals surface area (Å²) in [6.07, 6.45) is 3.13. The van der Waals surface area contributed by atoms with Crippen LogP contribution in [0.4, 0.5) is 10.5 Å². The normalized spacial score (nSPS) is 18.0. The number of pyridine rings is 1. The molecule has 7 rings (SSSR count). The Kier molecular flexibility index (Phi) is 16.2. The number of aromatic nitrogens is 1. The number of aromatic amines is 1. The molecule has 12 nitrogen and oxygen atoms in total. The molecular formula is C53H69N5O7Si. The van der Waals surface area contributed by atoms with Crippen molar-refractivity contribution < 1.29 is 28.6 Å². The second-order valence-electron chi connectivity index (χ2n) is 19.7. The van der Waals surface area contributed by atoms with E-state index in [0.717, 1.165) is 73.1 Å². The van der Waals surface area contributed by atoms with E-state index < -0.39 is 8.32 Å². The van der Waals surface area contributed by atoms with Gasteiger partial charge in [-0.2, -0.15) is 0 Å². The van der Waals surface area contributed by atoms with Crippen LogP contribution in [0.1, 0.15) is 62.8 Å². The number of H-pyrrole nitrogens is 1. The summed E-state index contributed by atoms with van der Waals surface area (Å²) in [5.41, 5.74) is 6.34. The number of nitrogens with one attached hydrogen (secondary N) is 3. The lowest BCUT2D eigenvalue weighted by molar-refractivity contribution is -0.131. The third kappa shape index (κ3) is 12.8. The lowest BCUT2D eigenvalue weighted by Gasteiger charge is -2.39. The van der Waals surface area contributed by atoms with Crippen LogP contribution in [0.25, 0.3) is 22.0 Å². The Morgan fingerprint density at radius 1 is 0.894 bits per heavy atom. The fourth-order valence-electron chi connectivity index (χ4n) is 9.13. The molecule has 13 heteroatoms. The third-order valence-electron chi connectivity index (χ3n) is 13.9. The number of para-hydroxylation sites is 1. The number of benzene rings is 4. The van der Waals surface area contributed by atoms with Crippen molar-refractivity contribution in [2.24, 2.45) is 11.8 Å². The molecule has 1 aliphatic carbocycles. The molecule has 2 heterocycles. The van der Waals surface area contributed by atoms with Crippen LogP contribution in [-0.2, 0) is 31.5 Å². The minimum Gasteiger partial charge on any atom is -0.506 e. The molecule has 2 amide bonds. The first-order chi connectivity index (χ1) is 31.6. The molecule has 0 spiro atoms. The van der Waals surface area contributed by atoms with Crippen LogP contribution >= 0.6 is 0 Å². The molecule has 1 aliphatic heterocycles. The molecule has 2 aliphatic rings. The van der Waals surface area contributed by atoms with Gasteiger partial charge < -0.3 is 39.1 Å². The number of fused-ring (bicyclic) bond motifs is 2. The monoisotopic (exact) mass is 915 g/mol. The average molecular weight is 916 g/mol. The summed E-state index contributed by atoms with van der Waals surface area (Å²) >= 11 is 0. The standard InChI is InChI=1S/C53H69N5O7Si/c1-53(2,3)66(5,6)65-48(44-19-21-47(59)51-45(44)20-22-49(60)56-51)34-54-26-28-57(4)50(61)25-30-63-29-24-38-14-12-13-37(31-38)23-27-58-35-40-32-42(33-41(40)36-58)64-52(62)55-46-18-11-10-17-43(46)39-15-8-7-9-16-39/h7-22,31,40-42,48,54,59H,23-30,32-36H2,1-6H3,(H,55,62)(H,56,60)/t40-,41+,42+,48-/m0/s1. The van der Waals surface area contributed by atoms with E-state index in [9.17, 15) is 19.5 Å². The molecule has 1 saturated carbocycles. The number of likely N-dealkylation sites (tertiary alicyclic amines) is 1. The second kappa shape index (κ2) is 22.0. The molecule has 1 aromatic heterocycles. The molecule has 0 unspecified atom stereocenters. The number of aromatic hydroxyl groups is 1. The number of phenolic OH excluding ortho intramolecular Hbond substituents is 1. The average Bonchev–Trinajstić information content (AvgIpc) is 3.85. The van der Waals surface area contributed by atoms with Crippen molar-refractivity contribution >= 4 is 36.9 Å². The fraction of sp³-hybridized carbons (Fsp3) is 0.453. The molecule has 0 radical (unpaired) electrons. The summed E-state index contributed by atoms with van der Waals surface area (Å²) in [5.74, 6) is 1.14. The SMILES string of the molecule is CN(CCNC[C@H](O[Si](C)(C)C(C)(C)C)c1ccc(O)c2[nH]c(=O)ccc12)C(=O)CCOCCc1cccc(CCN2C[C@H]3C[C@H](OC(=O)Nc4ccccc4-c4ccccc4)C[C@H]3C2)c1. The number of carbonyl (C=O) groups excluding carboxylic acids is 2. The van der Waals surface area contributed by atoms with Crippen molar-refractivity contribution in [3.05, 3.63) is 130 Å². The largest absolute Gasteiger partial charge is 0.506 e. The molecule has 4 N–H and O–H groups in total. The number of phenols is 1. The van der Waals surface area contributed by atoms with E-state index >= 15 is 0 Å². The van der Waals surface area contributed by atoms with E-state index in [1.807, 2.05) is 67.7 Å². The van der Waals surface area contributed by atoms with Gasteiger partial charge >= 0.3 is 6.09 Å². The summed E-state index contributed by atoms with van der Waals surface area (Å²) < 4.78 is 18.8. The van der Waals surface area contributed by atoms with Crippen molar-refractivity contribution in [2.75, 3.05) is 64.8 Å². The Morgan fingerprint density at radius 3 is 2.35 bits per heavy atom. The van der Waals surface area contributed by atoms with Gasteiger partial charge in [-0.05, 0) is 96.1 Å². The number of carbonyl (C=O) groups is 2. The number of anilines is 1. The highest BCUT2D eigenvalue weighted by Gasteiger charge is 2.42. The number of hydrogen-bond acceptors (Lipinski definition) is 9. The Morgan fingerprint density at radius 2 is 1.61 bits per heavy atom. The lowest BCUT2D eigenvalue weighted by Crippen LogP contribution is -2.44. The Bertz CT molecular complexity index is 2460. The highest BCUT2D eigenvalue weighted by Crippen LogP contribution is 2.42. The number of hydrogen-bond donors (Lipinski definition) is 4. The van der Waals surface area contributed by atoms with Crippen molar-refractivity contribution in [1.29, 1.82) is 0 Å². The van der Waals surface area contributed by atoms with Crippen molar-refractivity contribution in [2.45, 2.75) is 83.2 Å². The maximum atomic E-state index is 13.0. The maximum Gasteiger partial charge on any atom is 0.411 e. The van der Waals surface area contributed by atoms with E-state index in [-0.39, 0.29) is 40.6 Å². The topological polar surface area (TPSA) is 145 Å². The van der Waals surface area contributed by atoms with Gasteiger partial charge in [-0.3, -0.25) is 14.9 Å². The number of rotatable bonds is 20. The third-order valence-corrected chi connectivity index (χ3v) is 18.4. The maximum absolute atomic E-state index is 13.0. The number of ether oxygens (including phenoxy) is 2. The Hall–Kier alpha value is -5.31. The van der Waals surface area contributed by atoms with Gasteiger partial charge in [0.05, 0.1) is 36.9 Å². The molecule has 2 fully saturated rings. The predicted octanol–water partition coefficient (Wildman–Crippen LogP) is 9.16. The smallest absolute Gasteiger partial charge is 0.411 e. The van der Waals surface area contributed by atoms with Crippen molar-refractivity contribution in [1.82, 2.24) is 20.1 Å². The van der Waals surface area contributed by atoms with Gasteiger partial charge in [0, 0.05) is 63.3 Å². The number of nitrogens with zero attached hydrogens (tertiary/aromatic N) is 2. The molecule has 4 aromatic carbocycles. The quantitative estimate of drug-likeness (QED) is 0.0444. The zero-order valence-electron chi connectivity index (χ0n) is 39.6. The van der Waals surface area contributed by atoms with Crippen LogP contribution in [0.15, 0.2) is 108 Å². The van der Waals surface area contributed by atoms with Gasteiger partial charge in [0.25, 0.3) is 0 Å². The summed E-state index contributed by atoms with van der Waals surface area (Å²) in [5, 5.41) is 17.7. The predicted molar refractivity (Wildman–Crippen MR) is 265 cm³/mol. The Balaban J connectivity index is 0.779. The summed E-state index contributed by atoms with van der Waals surface area (Å²) in [7, 11) is -0.392. The van der Waals surface area contributed by atoms with Gasteiger partial charge in [-0.1, -0.05) is 99.6 Å². The number of likely N-dealkylation sites (N-methyl/N-ethyl adjacent to an activating group) is 1.